The molecule has 20 heavy (non-hydrogen) atoms. The van der Waals surface area contributed by atoms with Crippen molar-refractivity contribution in [1.29, 1.82) is 0 Å². The summed E-state index contributed by atoms with van der Waals surface area (Å²) in [6.45, 7) is 0.434. The van der Waals surface area contributed by atoms with Crippen LogP contribution in [0.1, 0.15) is 19.3 Å². The molecule has 0 bridgehead atoms. The van der Waals surface area contributed by atoms with Crippen molar-refractivity contribution in [3.05, 3.63) is 0 Å². The predicted octanol–water partition coefficient (Wildman–Crippen LogP) is -1.16. The highest BCUT2D eigenvalue weighted by Crippen LogP contribution is 2.19. The van der Waals surface area contributed by atoms with Crippen LogP contribution in [0.5, 0.6) is 0 Å². The number of likely N-dealkylation sites (N-methyl/N-ethyl adjacent to an activating group) is 1. The number of carbonyl (C=O) groups is 3. The van der Waals surface area contributed by atoms with E-state index < -0.39 is 24.1 Å². The molecule has 2 aliphatic heterocycles. The van der Waals surface area contributed by atoms with Crippen LogP contribution in [0.3, 0.4) is 0 Å². The van der Waals surface area contributed by atoms with Gasteiger partial charge in [-0.25, -0.2) is 9.59 Å². The van der Waals surface area contributed by atoms with Gasteiger partial charge in [-0.05, 0) is 6.42 Å². The maximum absolute atomic E-state index is 12.1. The number of β-amino-alcohol motifs (C(OH)–C–C–N with tert-alkyl or cyclic N) is 1. The molecule has 1 unspecified atom stereocenters. The van der Waals surface area contributed by atoms with Gasteiger partial charge in [0.25, 0.3) is 0 Å². The highest BCUT2D eigenvalue weighted by atomic mass is 16.4. The molecular weight excluding hydrogens is 266 g/mol. The monoisotopic (exact) mass is 285 g/mol. The number of nitrogens with zero attached hydrogens (tertiary/aromatic N) is 2. The van der Waals surface area contributed by atoms with Crippen molar-refractivity contribution in [3.63, 3.8) is 0 Å². The van der Waals surface area contributed by atoms with Gasteiger partial charge in [-0.15, -0.1) is 0 Å². The SMILES string of the molecule is CN1CC(NC(=O)N2C[C@H](O)C[C@@H]2C(=O)O)CCC1=O. The van der Waals surface area contributed by atoms with Crippen LogP contribution in [0, 0.1) is 0 Å². The number of amides is 3. The maximum Gasteiger partial charge on any atom is 0.326 e. The molecule has 2 heterocycles. The summed E-state index contributed by atoms with van der Waals surface area (Å²) in [7, 11) is 1.67. The zero-order valence-electron chi connectivity index (χ0n) is 11.3. The Kier molecular flexibility index (Phi) is 4.12. The number of rotatable bonds is 2. The minimum absolute atomic E-state index is 0.0181. The quantitative estimate of drug-likeness (QED) is 0.592. The number of carboxylic acids is 1. The molecule has 0 aromatic heterocycles. The smallest absolute Gasteiger partial charge is 0.326 e. The number of hydrogen-bond donors (Lipinski definition) is 3. The van der Waals surface area contributed by atoms with Gasteiger partial charge in [0.2, 0.25) is 5.91 Å². The molecule has 0 aromatic rings. The van der Waals surface area contributed by atoms with Crippen molar-refractivity contribution < 1.29 is 24.6 Å². The molecule has 8 heteroatoms. The van der Waals surface area contributed by atoms with Crippen molar-refractivity contribution in [2.24, 2.45) is 0 Å². The van der Waals surface area contributed by atoms with Crippen molar-refractivity contribution in [1.82, 2.24) is 15.1 Å². The van der Waals surface area contributed by atoms with Gasteiger partial charge >= 0.3 is 12.0 Å². The molecule has 3 amide bonds. The Morgan fingerprint density at radius 2 is 2.05 bits per heavy atom. The Morgan fingerprint density at radius 3 is 2.65 bits per heavy atom. The third-order valence-electron chi connectivity index (χ3n) is 3.78. The van der Waals surface area contributed by atoms with E-state index in [-0.39, 0.29) is 24.9 Å². The van der Waals surface area contributed by atoms with Crippen LogP contribution < -0.4 is 5.32 Å². The van der Waals surface area contributed by atoms with Gasteiger partial charge in [-0.2, -0.15) is 0 Å². The summed E-state index contributed by atoms with van der Waals surface area (Å²) >= 11 is 0. The van der Waals surface area contributed by atoms with E-state index in [9.17, 15) is 19.5 Å². The third-order valence-corrected chi connectivity index (χ3v) is 3.78. The molecular formula is C12H19N3O5. The van der Waals surface area contributed by atoms with Gasteiger partial charge in [0.05, 0.1) is 6.10 Å². The number of carbonyl (C=O) groups excluding carboxylic acids is 2. The average Bonchev–Trinajstić information content (AvgIpc) is 2.76. The second-order valence-electron chi connectivity index (χ2n) is 5.36. The molecule has 0 radical (unpaired) electrons. The second kappa shape index (κ2) is 5.66. The number of carboxylic acid groups (broad SMARTS) is 1. The number of likely N-dealkylation sites (tertiary alicyclic amines) is 2. The molecule has 3 atom stereocenters. The molecule has 112 valence electrons. The number of aliphatic hydroxyl groups excluding tert-OH is 1. The zero-order valence-corrected chi connectivity index (χ0v) is 11.3. The Labute approximate surface area is 116 Å². The van der Waals surface area contributed by atoms with Gasteiger partial charge in [0, 0.05) is 39.0 Å². The molecule has 0 saturated carbocycles. The first kappa shape index (κ1) is 14.6. The molecule has 2 rings (SSSR count). The predicted molar refractivity (Wildman–Crippen MR) is 67.9 cm³/mol. The number of aliphatic carboxylic acids is 1. The first-order chi connectivity index (χ1) is 9.38. The topological polar surface area (TPSA) is 110 Å². The van der Waals surface area contributed by atoms with Crippen molar-refractivity contribution >= 4 is 17.9 Å². The fourth-order valence-electron chi connectivity index (χ4n) is 2.66. The summed E-state index contributed by atoms with van der Waals surface area (Å²) in [5, 5.41) is 21.3. The molecule has 2 aliphatic rings. The standard InChI is InChI=1S/C12H19N3O5/c1-14-5-7(2-3-10(14)17)13-12(20)15-6-8(16)4-9(15)11(18)19/h7-9,16H,2-6H2,1H3,(H,13,20)(H,18,19)/t7?,8-,9-/m1/s1. The Bertz CT molecular complexity index is 427. The van der Waals surface area contributed by atoms with Crippen molar-refractivity contribution in [2.75, 3.05) is 20.1 Å². The van der Waals surface area contributed by atoms with Gasteiger partial charge in [-0.3, -0.25) is 4.79 Å². The Balaban J connectivity index is 1.94. The molecule has 3 N–H and O–H groups in total. The first-order valence-corrected chi connectivity index (χ1v) is 6.60. The van der Waals surface area contributed by atoms with Crippen molar-refractivity contribution in [2.45, 2.75) is 37.5 Å². The fourth-order valence-corrected chi connectivity index (χ4v) is 2.66. The van der Waals surface area contributed by atoms with Crippen LogP contribution in [-0.4, -0.2) is 76.2 Å². The molecule has 2 saturated heterocycles. The lowest BCUT2D eigenvalue weighted by atomic mass is 10.1. The average molecular weight is 285 g/mol. The summed E-state index contributed by atoms with van der Waals surface area (Å²) in [5.74, 6) is -1.08. The normalized spacial score (nSPS) is 30.5. The molecule has 8 nitrogen and oxygen atoms in total. The van der Waals surface area contributed by atoms with Crippen molar-refractivity contribution in [3.8, 4) is 0 Å². The summed E-state index contributed by atoms with van der Waals surface area (Å²) < 4.78 is 0. The van der Waals surface area contributed by atoms with E-state index in [1.807, 2.05) is 0 Å². The van der Waals surface area contributed by atoms with Crippen LogP contribution >= 0.6 is 0 Å². The molecule has 0 aliphatic carbocycles. The van der Waals surface area contributed by atoms with E-state index in [2.05, 4.69) is 5.32 Å². The van der Waals surface area contributed by atoms with E-state index in [1.54, 1.807) is 11.9 Å². The lowest BCUT2D eigenvalue weighted by Crippen LogP contribution is -2.54. The van der Waals surface area contributed by atoms with Crippen LogP contribution in [-0.2, 0) is 9.59 Å². The van der Waals surface area contributed by atoms with Crippen LogP contribution in [0.2, 0.25) is 0 Å². The highest BCUT2D eigenvalue weighted by molar-refractivity contribution is 5.84. The number of aliphatic hydroxyl groups is 1. The van der Waals surface area contributed by atoms with E-state index >= 15 is 0 Å². The van der Waals surface area contributed by atoms with E-state index in [0.29, 0.717) is 19.4 Å². The number of nitrogens with one attached hydrogen (secondary N) is 1. The minimum atomic E-state index is -1.12. The Morgan fingerprint density at radius 1 is 1.35 bits per heavy atom. The minimum Gasteiger partial charge on any atom is -0.480 e. The lowest BCUT2D eigenvalue weighted by molar-refractivity contribution is -0.141. The lowest BCUT2D eigenvalue weighted by Gasteiger charge is -2.32. The van der Waals surface area contributed by atoms with Crippen LogP contribution in [0.25, 0.3) is 0 Å². The second-order valence-corrected chi connectivity index (χ2v) is 5.36. The largest absolute Gasteiger partial charge is 0.480 e. The molecule has 2 fully saturated rings. The molecule has 0 aromatic carbocycles. The fraction of sp³-hybridized carbons (Fsp3) is 0.750. The maximum atomic E-state index is 12.1. The zero-order chi connectivity index (χ0) is 14.9. The van der Waals surface area contributed by atoms with Crippen LogP contribution in [0.4, 0.5) is 4.79 Å². The van der Waals surface area contributed by atoms with E-state index in [0.717, 1.165) is 4.90 Å². The van der Waals surface area contributed by atoms with E-state index in [4.69, 9.17) is 5.11 Å². The Hall–Kier alpha value is -1.83. The number of piperidine rings is 1. The van der Waals surface area contributed by atoms with Gasteiger partial charge < -0.3 is 25.3 Å². The van der Waals surface area contributed by atoms with E-state index in [1.165, 1.54) is 0 Å². The summed E-state index contributed by atoms with van der Waals surface area (Å²) in [6, 6.07) is -1.67. The van der Waals surface area contributed by atoms with Crippen LogP contribution in [0.15, 0.2) is 0 Å². The van der Waals surface area contributed by atoms with Gasteiger partial charge in [0.1, 0.15) is 6.04 Å². The highest BCUT2D eigenvalue weighted by Gasteiger charge is 2.39. The summed E-state index contributed by atoms with van der Waals surface area (Å²) in [4.78, 5) is 37.2. The summed E-state index contributed by atoms with van der Waals surface area (Å²) in [6.07, 6.45) is 0.152. The third kappa shape index (κ3) is 3.01. The van der Waals surface area contributed by atoms with Gasteiger partial charge in [-0.1, -0.05) is 0 Å². The van der Waals surface area contributed by atoms with Gasteiger partial charge in [0.15, 0.2) is 0 Å². The molecule has 0 spiro atoms. The number of urea groups is 1. The number of hydrogen-bond acceptors (Lipinski definition) is 4. The first-order valence-electron chi connectivity index (χ1n) is 6.60. The summed E-state index contributed by atoms with van der Waals surface area (Å²) in [5.41, 5.74) is 0.